The number of benzene rings is 1. The first-order valence-electron chi connectivity index (χ1n) is 6.58. The molecule has 6 heteroatoms. The van der Waals surface area contributed by atoms with Gasteiger partial charge in [0, 0.05) is 19.1 Å². The van der Waals surface area contributed by atoms with Crippen molar-refractivity contribution in [1.29, 1.82) is 0 Å². The summed E-state index contributed by atoms with van der Waals surface area (Å²) < 4.78 is 0. The molecule has 2 aliphatic heterocycles. The zero-order valence-corrected chi connectivity index (χ0v) is 12.2. The van der Waals surface area contributed by atoms with Crippen molar-refractivity contribution in [2.45, 2.75) is 12.5 Å². The molecule has 0 aliphatic carbocycles. The monoisotopic (exact) mass is 293 g/mol. The Balaban J connectivity index is 1.91. The molecule has 1 aromatic rings. The second-order valence-corrected chi connectivity index (χ2v) is 5.89. The first kappa shape index (κ1) is 13.4. The molecule has 0 spiro atoms. The average Bonchev–Trinajstić information content (AvgIpc) is 2.97. The maximum Gasteiger partial charge on any atom is 0.296 e. The number of likely N-dealkylation sites (N-methyl/N-ethyl adjacent to an activating group) is 1. The number of halogens is 1. The van der Waals surface area contributed by atoms with Crippen LogP contribution in [0.4, 0.5) is 11.4 Å². The molecule has 2 heterocycles. The van der Waals surface area contributed by atoms with Crippen LogP contribution >= 0.6 is 11.6 Å². The molecule has 106 valence electrons. The van der Waals surface area contributed by atoms with Crippen molar-refractivity contribution in [3.63, 3.8) is 0 Å². The lowest BCUT2D eigenvalue weighted by molar-refractivity contribution is -0.112. The number of fused-ring (bicyclic) bond motifs is 1. The van der Waals surface area contributed by atoms with Gasteiger partial charge in [0.25, 0.3) is 11.7 Å². The summed E-state index contributed by atoms with van der Waals surface area (Å²) in [5.41, 5.74) is 1.81. The van der Waals surface area contributed by atoms with Crippen LogP contribution in [0.3, 0.4) is 0 Å². The molecule has 1 unspecified atom stereocenters. The van der Waals surface area contributed by atoms with E-state index in [4.69, 9.17) is 11.6 Å². The minimum atomic E-state index is -0.583. The number of anilines is 2. The highest BCUT2D eigenvalue weighted by molar-refractivity contribution is 6.52. The fourth-order valence-corrected chi connectivity index (χ4v) is 3.06. The van der Waals surface area contributed by atoms with Crippen molar-refractivity contribution in [3.05, 3.63) is 22.7 Å². The smallest absolute Gasteiger partial charge is 0.296 e. The van der Waals surface area contributed by atoms with E-state index in [0.717, 1.165) is 25.2 Å². The predicted octanol–water partition coefficient (Wildman–Crippen LogP) is 1.62. The lowest BCUT2D eigenvalue weighted by Crippen LogP contribution is -2.31. The fourth-order valence-electron chi connectivity index (χ4n) is 2.78. The largest absolute Gasteiger partial charge is 0.369 e. The van der Waals surface area contributed by atoms with Crippen LogP contribution in [0.5, 0.6) is 0 Å². The highest BCUT2D eigenvalue weighted by atomic mass is 35.5. The minimum Gasteiger partial charge on any atom is -0.369 e. The van der Waals surface area contributed by atoms with E-state index < -0.39 is 11.7 Å². The third-order valence-corrected chi connectivity index (χ3v) is 4.32. The maximum absolute atomic E-state index is 11.6. The van der Waals surface area contributed by atoms with Crippen LogP contribution in [0.2, 0.25) is 5.02 Å². The van der Waals surface area contributed by atoms with E-state index in [9.17, 15) is 9.59 Å². The number of Topliss-reactive ketones (excluding diaryl/α,β-unsaturated/α-hetero) is 1. The average molecular weight is 294 g/mol. The van der Waals surface area contributed by atoms with Crippen molar-refractivity contribution < 1.29 is 9.59 Å². The third-order valence-electron chi connectivity index (χ3n) is 4.02. The van der Waals surface area contributed by atoms with E-state index in [1.165, 1.54) is 0 Å². The van der Waals surface area contributed by atoms with Crippen LogP contribution < -0.4 is 10.2 Å². The quantitative estimate of drug-likeness (QED) is 0.842. The Morgan fingerprint density at radius 3 is 2.75 bits per heavy atom. The molecule has 1 aromatic carbocycles. The molecule has 1 saturated heterocycles. The molecular formula is C14H16ClN3O2. The SMILES string of the molecule is CN(C)C1CCN(c2cc3c(cc2Cl)C(=O)C(=O)N3)C1. The summed E-state index contributed by atoms with van der Waals surface area (Å²) in [6.07, 6.45) is 1.08. The number of amides is 1. The van der Waals surface area contributed by atoms with Gasteiger partial charge in [-0.25, -0.2) is 0 Å². The number of carbonyl (C=O) groups is 2. The minimum absolute atomic E-state index is 0.368. The molecule has 5 nitrogen and oxygen atoms in total. The van der Waals surface area contributed by atoms with Gasteiger partial charge < -0.3 is 15.1 Å². The molecule has 20 heavy (non-hydrogen) atoms. The first-order chi connectivity index (χ1) is 9.47. The van der Waals surface area contributed by atoms with Crippen molar-refractivity contribution in [2.75, 3.05) is 37.4 Å². The summed E-state index contributed by atoms with van der Waals surface area (Å²) in [4.78, 5) is 27.4. The van der Waals surface area contributed by atoms with Gasteiger partial charge in [0.2, 0.25) is 0 Å². The lowest BCUT2D eigenvalue weighted by Gasteiger charge is -2.23. The molecule has 3 rings (SSSR count). The zero-order valence-electron chi connectivity index (χ0n) is 11.4. The molecule has 1 fully saturated rings. The van der Waals surface area contributed by atoms with Gasteiger partial charge in [-0.1, -0.05) is 11.6 Å². The zero-order chi connectivity index (χ0) is 14.4. The summed E-state index contributed by atoms with van der Waals surface area (Å²) in [6.45, 7) is 1.82. The van der Waals surface area contributed by atoms with Crippen LogP contribution in [0.15, 0.2) is 12.1 Å². The van der Waals surface area contributed by atoms with Gasteiger partial charge in [0.1, 0.15) is 0 Å². The van der Waals surface area contributed by atoms with Crippen LogP contribution in [0.1, 0.15) is 16.8 Å². The molecule has 1 amide bonds. The van der Waals surface area contributed by atoms with Gasteiger partial charge in [0.15, 0.2) is 0 Å². The molecule has 0 aromatic heterocycles. The van der Waals surface area contributed by atoms with Crippen molar-refractivity contribution in [2.24, 2.45) is 0 Å². The van der Waals surface area contributed by atoms with Crippen molar-refractivity contribution in [1.82, 2.24) is 4.90 Å². The summed E-state index contributed by atoms with van der Waals surface area (Å²) in [6, 6.07) is 3.89. The highest BCUT2D eigenvalue weighted by Gasteiger charge is 2.31. The number of ketones is 1. The van der Waals surface area contributed by atoms with Crippen molar-refractivity contribution in [3.8, 4) is 0 Å². The maximum atomic E-state index is 11.6. The summed E-state index contributed by atoms with van der Waals surface area (Å²) in [7, 11) is 4.13. The Morgan fingerprint density at radius 1 is 1.35 bits per heavy atom. The topological polar surface area (TPSA) is 52.7 Å². The molecule has 0 saturated carbocycles. The summed E-state index contributed by atoms with van der Waals surface area (Å²) in [5, 5.41) is 3.11. The predicted molar refractivity (Wildman–Crippen MR) is 78.7 cm³/mol. The second-order valence-electron chi connectivity index (χ2n) is 5.48. The number of carbonyl (C=O) groups excluding carboxylic acids is 2. The van der Waals surface area contributed by atoms with Gasteiger partial charge in [0.05, 0.1) is 22.0 Å². The Hall–Kier alpha value is -1.59. The molecule has 1 atom stereocenters. The van der Waals surface area contributed by atoms with E-state index in [1.54, 1.807) is 12.1 Å². The Morgan fingerprint density at radius 2 is 2.10 bits per heavy atom. The van der Waals surface area contributed by atoms with Gasteiger partial charge in [-0.2, -0.15) is 0 Å². The first-order valence-corrected chi connectivity index (χ1v) is 6.96. The Bertz CT molecular complexity index is 600. The van der Waals surface area contributed by atoms with E-state index in [2.05, 4.69) is 29.2 Å². The molecule has 2 aliphatic rings. The number of nitrogens with zero attached hydrogens (tertiary/aromatic N) is 2. The number of hydrogen-bond acceptors (Lipinski definition) is 4. The Labute approximate surface area is 122 Å². The van der Waals surface area contributed by atoms with E-state index in [-0.39, 0.29) is 0 Å². The molecule has 0 radical (unpaired) electrons. The van der Waals surface area contributed by atoms with Gasteiger partial charge in [-0.05, 0) is 32.6 Å². The van der Waals surface area contributed by atoms with Gasteiger partial charge >= 0.3 is 0 Å². The summed E-state index contributed by atoms with van der Waals surface area (Å²) in [5.74, 6) is -1.10. The molecule has 1 N–H and O–H groups in total. The second kappa shape index (κ2) is 4.75. The lowest BCUT2D eigenvalue weighted by atomic mass is 10.1. The van der Waals surface area contributed by atoms with Gasteiger partial charge in [-0.3, -0.25) is 9.59 Å². The van der Waals surface area contributed by atoms with E-state index >= 15 is 0 Å². The van der Waals surface area contributed by atoms with Crippen molar-refractivity contribution >= 4 is 34.7 Å². The van der Waals surface area contributed by atoms with Crippen LogP contribution in [0, 0.1) is 0 Å². The number of hydrogen-bond donors (Lipinski definition) is 1. The van der Waals surface area contributed by atoms with Crippen LogP contribution in [0.25, 0.3) is 0 Å². The van der Waals surface area contributed by atoms with E-state index in [0.29, 0.717) is 22.3 Å². The molecule has 0 bridgehead atoms. The van der Waals surface area contributed by atoms with Gasteiger partial charge in [-0.15, -0.1) is 0 Å². The standard InChI is InChI=1S/C14H16ClN3O2/c1-17(2)8-3-4-18(7-8)12-6-11-9(5-10(12)15)13(19)14(20)16-11/h5-6,8H,3-4,7H2,1-2H3,(H,16,19,20). The Kier molecular flexibility index (Phi) is 3.18. The molecular weight excluding hydrogens is 278 g/mol. The summed E-state index contributed by atoms with van der Waals surface area (Å²) >= 11 is 6.28. The van der Waals surface area contributed by atoms with Crippen LogP contribution in [-0.2, 0) is 4.79 Å². The van der Waals surface area contributed by atoms with E-state index in [1.807, 2.05) is 0 Å². The fraction of sp³-hybridized carbons (Fsp3) is 0.429. The van der Waals surface area contributed by atoms with Crippen LogP contribution in [-0.4, -0.2) is 49.8 Å². The number of rotatable bonds is 2. The number of nitrogens with one attached hydrogen (secondary N) is 1. The third kappa shape index (κ3) is 2.07. The highest BCUT2D eigenvalue weighted by Crippen LogP contribution is 2.36. The normalized spacial score (nSPS) is 21.6.